The zero-order valence-electron chi connectivity index (χ0n) is 17.3. The van der Waals surface area contributed by atoms with Crippen LogP contribution >= 0.6 is 23.4 Å². The number of amides is 1. The summed E-state index contributed by atoms with van der Waals surface area (Å²) in [4.78, 5) is 23.9. The van der Waals surface area contributed by atoms with Gasteiger partial charge in [0, 0.05) is 12.7 Å². The van der Waals surface area contributed by atoms with Crippen molar-refractivity contribution in [2.24, 2.45) is 7.05 Å². The van der Waals surface area contributed by atoms with Crippen molar-refractivity contribution >= 4 is 40.9 Å². The van der Waals surface area contributed by atoms with Gasteiger partial charge in [-0.1, -0.05) is 23.4 Å². The Morgan fingerprint density at radius 2 is 1.94 bits per heavy atom. The predicted molar refractivity (Wildman–Crippen MR) is 118 cm³/mol. The van der Waals surface area contributed by atoms with Gasteiger partial charge in [0.05, 0.1) is 22.9 Å². The van der Waals surface area contributed by atoms with Gasteiger partial charge in [-0.2, -0.15) is 0 Å². The van der Waals surface area contributed by atoms with Crippen LogP contribution in [0.4, 0.5) is 10.1 Å². The van der Waals surface area contributed by atoms with Crippen molar-refractivity contribution in [3.63, 3.8) is 0 Å². The van der Waals surface area contributed by atoms with Gasteiger partial charge < -0.3 is 19.4 Å². The highest BCUT2D eigenvalue weighted by Gasteiger charge is 2.13. The maximum Gasteiger partial charge on any atom is 0.338 e. The molecule has 0 unspecified atom stereocenters. The van der Waals surface area contributed by atoms with E-state index < -0.39 is 11.8 Å². The number of nitrogens with zero attached hydrogens (tertiary/aromatic N) is 3. The minimum atomic E-state index is -0.451. The minimum absolute atomic E-state index is 0.0778. The van der Waals surface area contributed by atoms with Crippen molar-refractivity contribution in [2.75, 3.05) is 17.7 Å². The Morgan fingerprint density at radius 3 is 2.62 bits per heavy atom. The maximum atomic E-state index is 13.1. The summed E-state index contributed by atoms with van der Waals surface area (Å²) in [6.07, 6.45) is 0. The molecule has 1 amide bonds. The largest absolute Gasteiger partial charge is 0.484 e. The lowest BCUT2D eigenvalue weighted by Crippen LogP contribution is -2.15. The lowest BCUT2D eigenvalue weighted by molar-refractivity contribution is -0.113. The highest BCUT2D eigenvalue weighted by atomic mass is 35.5. The number of aromatic nitrogens is 3. The Bertz CT molecular complexity index is 1110. The first kappa shape index (κ1) is 23.6. The van der Waals surface area contributed by atoms with Crippen molar-refractivity contribution in [3.05, 3.63) is 64.7 Å². The summed E-state index contributed by atoms with van der Waals surface area (Å²) in [5, 5.41) is 11.6. The van der Waals surface area contributed by atoms with E-state index in [-0.39, 0.29) is 23.3 Å². The van der Waals surface area contributed by atoms with Crippen molar-refractivity contribution < 1.29 is 23.5 Å². The molecule has 3 aromatic rings. The van der Waals surface area contributed by atoms with Gasteiger partial charge in [-0.05, 0) is 49.4 Å². The van der Waals surface area contributed by atoms with Crippen LogP contribution in [0.1, 0.15) is 23.1 Å². The molecule has 1 N–H and O–H groups in total. The van der Waals surface area contributed by atoms with Gasteiger partial charge >= 0.3 is 5.97 Å². The smallest absolute Gasteiger partial charge is 0.338 e. The topological polar surface area (TPSA) is 95.3 Å². The number of thioether (sulfide) groups is 1. The molecular formula is C21H20ClFN4O4S. The Hall–Kier alpha value is -3.11. The van der Waals surface area contributed by atoms with E-state index in [0.29, 0.717) is 34.6 Å². The highest BCUT2D eigenvalue weighted by Crippen LogP contribution is 2.26. The lowest BCUT2D eigenvalue weighted by atomic mass is 10.2. The summed E-state index contributed by atoms with van der Waals surface area (Å²) in [6, 6.07) is 10.3. The summed E-state index contributed by atoms with van der Waals surface area (Å²) in [5.41, 5.74) is 0.974. The molecule has 8 nitrogen and oxygen atoms in total. The SMILES string of the molecule is CCOC(=O)c1ccc(NC(=O)CSc2nnc(COc3ccc(F)cc3Cl)n2C)cc1. The van der Waals surface area contributed by atoms with Gasteiger partial charge in [0.2, 0.25) is 5.91 Å². The van der Waals surface area contributed by atoms with E-state index in [1.54, 1.807) is 42.8 Å². The van der Waals surface area contributed by atoms with Crippen LogP contribution in [-0.4, -0.2) is 39.0 Å². The Morgan fingerprint density at radius 1 is 1.19 bits per heavy atom. The summed E-state index contributed by atoms with van der Waals surface area (Å²) < 4.78 is 25.3. The zero-order chi connectivity index (χ0) is 23.1. The van der Waals surface area contributed by atoms with Gasteiger partial charge in [-0.3, -0.25) is 4.79 Å². The summed E-state index contributed by atoms with van der Waals surface area (Å²) in [6.45, 7) is 2.11. The Kier molecular flexibility index (Phi) is 8.07. The van der Waals surface area contributed by atoms with Crippen LogP contribution < -0.4 is 10.1 Å². The van der Waals surface area contributed by atoms with E-state index in [2.05, 4.69) is 15.5 Å². The second-order valence-electron chi connectivity index (χ2n) is 6.46. The molecule has 0 aliphatic heterocycles. The van der Waals surface area contributed by atoms with E-state index in [9.17, 15) is 14.0 Å². The quantitative estimate of drug-likeness (QED) is 0.365. The normalized spacial score (nSPS) is 10.6. The van der Waals surface area contributed by atoms with Crippen LogP contribution in [0, 0.1) is 5.82 Å². The molecule has 0 atom stereocenters. The fourth-order valence-electron chi connectivity index (χ4n) is 2.56. The van der Waals surface area contributed by atoms with E-state index >= 15 is 0 Å². The van der Waals surface area contributed by atoms with Crippen molar-refractivity contribution in [2.45, 2.75) is 18.7 Å². The third-order valence-corrected chi connectivity index (χ3v) is 5.50. The molecule has 11 heteroatoms. The van der Waals surface area contributed by atoms with Crippen LogP contribution in [-0.2, 0) is 23.2 Å². The van der Waals surface area contributed by atoms with Crippen LogP contribution in [0.15, 0.2) is 47.6 Å². The average molecular weight is 479 g/mol. The van der Waals surface area contributed by atoms with Crippen LogP contribution in [0.3, 0.4) is 0 Å². The maximum absolute atomic E-state index is 13.1. The molecule has 0 radical (unpaired) electrons. The first-order chi connectivity index (χ1) is 15.4. The van der Waals surface area contributed by atoms with E-state index in [0.717, 1.165) is 6.07 Å². The molecule has 1 aromatic heterocycles. The van der Waals surface area contributed by atoms with Crippen LogP contribution in [0.2, 0.25) is 5.02 Å². The number of anilines is 1. The summed E-state index contributed by atoms with van der Waals surface area (Å²) in [5.74, 6) is -0.146. The van der Waals surface area contributed by atoms with Gasteiger partial charge in [0.1, 0.15) is 18.2 Å². The minimum Gasteiger partial charge on any atom is -0.484 e. The fourth-order valence-corrected chi connectivity index (χ4v) is 3.51. The molecule has 0 spiro atoms. The number of carbonyl (C=O) groups excluding carboxylic acids is 2. The van der Waals surface area contributed by atoms with E-state index in [1.165, 1.54) is 23.9 Å². The monoisotopic (exact) mass is 478 g/mol. The van der Waals surface area contributed by atoms with Gasteiger partial charge in [0.15, 0.2) is 11.0 Å². The number of ether oxygens (including phenoxy) is 2. The number of rotatable bonds is 9. The fraction of sp³-hybridized carbons (Fsp3) is 0.238. The molecule has 3 rings (SSSR count). The zero-order valence-corrected chi connectivity index (χ0v) is 18.9. The number of hydrogen-bond acceptors (Lipinski definition) is 7. The number of carbonyl (C=O) groups is 2. The number of hydrogen-bond donors (Lipinski definition) is 1. The number of benzene rings is 2. The Balaban J connectivity index is 1.51. The van der Waals surface area contributed by atoms with E-state index in [1.807, 2.05) is 0 Å². The van der Waals surface area contributed by atoms with Gasteiger partial charge in [-0.25, -0.2) is 9.18 Å². The third kappa shape index (κ3) is 6.21. The predicted octanol–water partition coefficient (Wildman–Crippen LogP) is 4.09. The molecule has 0 aliphatic rings. The molecule has 168 valence electrons. The second kappa shape index (κ2) is 11.0. The number of halogens is 2. The molecule has 0 fully saturated rings. The number of nitrogens with one attached hydrogen (secondary N) is 1. The molecule has 0 aliphatic carbocycles. The lowest BCUT2D eigenvalue weighted by Gasteiger charge is -2.08. The average Bonchev–Trinajstić information content (AvgIpc) is 3.12. The molecule has 2 aromatic carbocycles. The van der Waals surface area contributed by atoms with Crippen molar-refractivity contribution in [1.82, 2.24) is 14.8 Å². The van der Waals surface area contributed by atoms with Crippen LogP contribution in [0.5, 0.6) is 5.75 Å². The van der Waals surface area contributed by atoms with Crippen LogP contribution in [0.25, 0.3) is 0 Å². The first-order valence-electron chi connectivity index (χ1n) is 9.53. The van der Waals surface area contributed by atoms with Crippen molar-refractivity contribution in [3.8, 4) is 5.75 Å². The third-order valence-electron chi connectivity index (χ3n) is 4.19. The summed E-state index contributed by atoms with van der Waals surface area (Å²) in [7, 11) is 1.75. The van der Waals surface area contributed by atoms with E-state index in [4.69, 9.17) is 21.1 Å². The van der Waals surface area contributed by atoms with Gasteiger partial charge in [0.25, 0.3) is 0 Å². The van der Waals surface area contributed by atoms with Crippen molar-refractivity contribution in [1.29, 1.82) is 0 Å². The highest BCUT2D eigenvalue weighted by molar-refractivity contribution is 7.99. The molecule has 0 saturated heterocycles. The molecule has 0 bridgehead atoms. The number of esters is 1. The molecule has 32 heavy (non-hydrogen) atoms. The standard InChI is InChI=1S/C21H20ClFN4O4S/c1-3-30-20(29)13-4-7-15(8-5-13)24-19(28)12-32-21-26-25-18(27(21)2)11-31-17-9-6-14(23)10-16(17)22/h4-10H,3,11-12H2,1-2H3,(H,24,28). The first-order valence-corrected chi connectivity index (χ1v) is 10.9. The second-order valence-corrected chi connectivity index (χ2v) is 7.81. The molecular weight excluding hydrogens is 459 g/mol. The molecule has 1 heterocycles. The molecule has 0 saturated carbocycles. The summed E-state index contributed by atoms with van der Waals surface area (Å²) >= 11 is 7.16. The van der Waals surface area contributed by atoms with Gasteiger partial charge in [-0.15, -0.1) is 10.2 Å². The Labute approximate surface area is 193 Å².